The highest BCUT2D eigenvalue weighted by Crippen LogP contribution is 2.31. The molecular weight excluding hydrogens is 517 g/mol. The smallest absolute Gasteiger partial charge is 0.194 e. The fourth-order valence-electron chi connectivity index (χ4n) is 5.06. The average Bonchev–Trinajstić information content (AvgIpc) is 2.82. The number of guanidine groups is 1. The lowest BCUT2D eigenvalue weighted by Gasteiger charge is -2.35. The molecule has 32 heavy (non-hydrogen) atoms. The first kappa shape index (κ1) is 25.6. The van der Waals surface area contributed by atoms with Crippen LogP contribution in [0.15, 0.2) is 17.1 Å². The van der Waals surface area contributed by atoms with E-state index in [0.29, 0.717) is 18.4 Å². The predicted octanol–water partition coefficient (Wildman–Crippen LogP) is 4.40. The third-order valence-corrected chi connectivity index (χ3v) is 6.88. The molecule has 0 spiro atoms. The number of nitrogens with zero attached hydrogens (tertiary/aromatic N) is 2. The van der Waals surface area contributed by atoms with Gasteiger partial charge < -0.3 is 24.8 Å². The van der Waals surface area contributed by atoms with E-state index in [-0.39, 0.29) is 30.1 Å². The van der Waals surface area contributed by atoms with Gasteiger partial charge in [0.1, 0.15) is 5.75 Å². The van der Waals surface area contributed by atoms with Crippen molar-refractivity contribution in [2.45, 2.75) is 83.5 Å². The van der Waals surface area contributed by atoms with Crippen LogP contribution in [0.3, 0.4) is 0 Å². The van der Waals surface area contributed by atoms with E-state index >= 15 is 0 Å². The summed E-state index contributed by atoms with van der Waals surface area (Å²) in [5, 5.41) is 13.9. The second kappa shape index (κ2) is 13.0. The van der Waals surface area contributed by atoms with Crippen LogP contribution in [-0.4, -0.2) is 61.0 Å². The highest BCUT2D eigenvalue weighted by atomic mass is 127. The van der Waals surface area contributed by atoms with Crippen molar-refractivity contribution in [1.82, 2.24) is 10.2 Å². The Morgan fingerprint density at radius 2 is 1.97 bits per heavy atom. The molecule has 2 aliphatic heterocycles. The second-order valence-electron chi connectivity index (χ2n) is 9.09. The zero-order valence-corrected chi connectivity index (χ0v) is 21.8. The summed E-state index contributed by atoms with van der Waals surface area (Å²) >= 11 is 0. The number of likely N-dealkylation sites (tertiary alicyclic amines) is 1. The number of phenolic OH excluding ortho intramolecular Hbond substituents is 1. The summed E-state index contributed by atoms with van der Waals surface area (Å²) in [7, 11) is 0. The number of aryl methyl sites for hydroxylation is 1. The molecular formula is C25H40IN3O3. The first-order valence-electron chi connectivity index (χ1n) is 12.3. The number of phenols is 1. The molecule has 1 unspecified atom stereocenters. The summed E-state index contributed by atoms with van der Waals surface area (Å²) in [5.74, 6) is 1.33. The quantitative estimate of drug-likeness (QED) is 0.309. The molecule has 0 amide bonds. The van der Waals surface area contributed by atoms with Gasteiger partial charge in [-0.25, -0.2) is 4.99 Å². The first-order chi connectivity index (χ1) is 15.2. The number of hydrogen-bond donors (Lipinski definition) is 2. The largest absolute Gasteiger partial charge is 0.508 e. The van der Waals surface area contributed by atoms with Crippen LogP contribution < -0.4 is 5.32 Å². The van der Waals surface area contributed by atoms with E-state index in [0.717, 1.165) is 76.5 Å². The molecule has 2 saturated heterocycles. The number of fused-ring (bicyclic) bond motifs is 1. The normalized spacial score (nSPS) is 22.2. The summed E-state index contributed by atoms with van der Waals surface area (Å²) in [6.45, 7) is 6.99. The van der Waals surface area contributed by atoms with Crippen molar-refractivity contribution in [3.05, 3.63) is 28.8 Å². The Balaban J connectivity index is 0.00000289. The van der Waals surface area contributed by atoms with Crippen LogP contribution >= 0.6 is 24.0 Å². The van der Waals surface area contributed by atoms with Gasteiger partial charge in [-0.15, -0.1) is 24.0 Å². The fraction of sp³-hybridized carbons (Fsp3) is 0.720. The Morgan fingerprint density at radius 3 is 2.72 bits per heavy atom. The van der Waals surface area contributed by atoms with Crippen LogP contribution in [0.1, 0.15) is 68.6 Å². The van der Waals surface area contributed by atoms with Crippen LogP contribution in [0, 0.1) is 0 Å². The molecule has 2 fully saturated rings. The number of rotatable bonds is 6. The van der Waals surface area contributed by atoms with Crippen LogP contribution in [0.25, 0.3) is 0 Å². The standard InChI is InChI=1S/C25H39N3O3.HI/c1-2-26-25(27-17-23-22-9-4-3-7-19(22)10-11-24(23)29)28-14-12-20(13-15-28)31-18-21-8-5-6-16-30-21;/h10-11,20-21,29H,2-9,12-18H2,1H3,(H,26,27);1H. The van der Waals surface area contributed by atoms with Crippen molar-refractivity contribution in [3.63, 3.8) is 0 Å². The van der Waals surface area contributed by atoms with Gasteiger partial charge in [0, 0.05) is 31.8 Å². The highest BCUT2D eigenvalue weighted by Gasteiger charge is 2.24. The maximum Gasteiger partial charge on any atom is 0.194 e. The summed E-state index contributed by atoms with van der Waals surface area (Å²) in [6, 6.07) is 3.94. The van der Waals surface area contributed by atoms with E-state index in [4.69, 9.17) is 14.5 Å². The molecule has 7 heteroatoms. The van der Waals surface area contributed by atoms with Gasteiger partial charge in [-0.05, 0) is 81.9 Å². The van der Waals surface area contributed by atoms with Gasteiger partial charge in [0.2, 0.25) is 0 Å². The Bertz CT molecular complexity index is 744. The van der Waals surface area contributed by atoms with E-state index < -0.39 is 0 Å². The van der Waals surface area contributed by atoms with Crippen molar-refractivity contribution >= 4 is 29.9 Å². The summed E-state index contributed by atoms with van der Waals surface area (Å²) in [6.07, 6.45) is 10.8. The van der Waals surface area contributed by atoms with Crippen molar-refractivity contribution in [2.24, 2.45) is 4.99 Å². The van der Waals surface area contributed by atoms with Gasteiger partial charge in [-0.1, -0.05) is 6.07 Å². The van der Waals surface area contributed by atoms with Crippen LogP contribution in [0.2, 0.25) is 0 Å². The third-order valence-electron chi connectivity index (χ3n) is 6.88. The monoisotopic (exact) mass is 557 g/mol. The number of ether oxygens (including phenoxy) is 2. The zero-order valence-electron chi connectivity index (χ0n) is 19.5. The van der Waals surface area contributed by atoms with Crippen molar-refractivity contribution in [1.29, 1.82) is 0 Å². The van der Waals surface area contributed by atoms with Crippen LogP contribution in [-0.2, 0) is 28.9 Å². The van der Waals surface area contributed by atoms with E-state index in [9.17, 15) is 5.11 Å². The van der Waals surface area contributed by atoms with Gasteiger partial charge in [-0.3, -0.25) is 0 Å². The number of aromatic hydroxyl groups is 1. The van der Waals surface area contributed by atoms with E-state index in [1.54, 1.807) is 0 Å². The van der Waals surface area contributed by atoms with Gasteiger partial charge in [-0.2, -0.15) is 0 Å². The minimum atomic E-state index is 0. The number of aliphatic imine (C=N–C) groups is 1. The van der Waals surface area contributed by atoms with Gasteiger partial charge in [0.25, 0.3) is 0 Å². The van der Waals surface area contributed by atoms with Crippen LogP contribution in [0.4, 0.5) is 0 Å². The van der Waals surface area contributed by atoms with E-state index in [1.807, 2.05) is 6.07 Å². The Hall–Kier alpha value is -1.06. The third kappa shape index (κ3) is 6.73. The van der Waals surface area contributed by atoms with Gasteiger partial charge in [0.15, 0.2) is 5.96 Å². The van der Waals surface area contributed by atoms with E-state index in [2.05, 4.69) is 23.2 Å². The topological polar surface area (TPSA) is 66.3 Å². The molecule has 0 bridgehead atoms. The first-order valence-corrected chi connectivity index (χ1v) is 12.3. The lowest BCUT2D eigenvalue weighted by molar-refractivity contribution is -0.0721. The highest BCUT2D eigenvalue weighted by molar-refractivity contribution is 14.0. The van der Waals surface area contributed by atoms with E-state index in [1.165, 1.54) is 36.8 Å². The zero-order chi connectivity index (χ0) is 21.5. The number of benzene rings is 1. The molecule has 4 rings (SSSR count). The minimum Gasteiger partial charge on any atom is -0.508 e. The molecule has 0 aromatic heterocycles. The van der Waals surface area contributed by atoms with Crippen molar-refractivity contribution < 1.29 is 14.6 Å². The molecule has 1 aromatic rings. The molecule has 1 atom stereocenters. The average molecular weight is 558 g/mol. The number of hydrogen-bond acceptors (Lipinski definition) is 4. The second-order valence-corrected chi connectivity index (χ2v) is 9.09. The van der Waals surface area contributed by atoms with Crippen molar-refractivity contribution in [3.8, 4) is 5.75 Å². The molecule has 1 aromatic carbocycles. The summed E-state index contributed by atoms with van der Waals surface area (Å²) in [5.41, 5.74) is 3.72. The Kier molecular flexibility index (Phi) is 10.4. The summed E-state index contributed by atoms with van der Waals surface area (Å²) < 4.78 is 12.0. The molecule has 1 aliphatic carbocycles. The fourth-order valence-corrected chi connectivity index (χ4v) is 5.06. The predicted molar refractivity (Wildman–Crippen MR) is 139 cm³/mol. The SMILES string of the molecule is CCNC(=NCc1c(O)ccc2c1CCCC2)N1CCC(OCC2CCCCO2)CC1.I. The Morgan fingerprint density at radius 1 is 1.16 bits per heavy atom. The number of piperidine rings is 1. The maximum atomic E-state index is 10.5. The molecule has 2 heterocycles. The van der Waals surface area contributed by atoms with Crippen molar-refractivity contribution in [2.75, 3.05) is 32.8 Å². The minimum absolute atomic E-state index is 0. The van der Waals surface area contributed by atoms with Crippen LogP contribution in [0.5, 0.6) is 5.75 Å². The van der Waals surface area contributed by atoms with Gasteiger partial charge >= 0.3 is 0 Å². The molecule has 6 nitrogen and oxygen atoms in total. The molecule has 3 aliphatic rings. The lowest BCUT2D eigenvalue weighted by atomic mass is 9.88. The molecule has 0 radical (unpaired) electrons. The molecule has 0 saturated carbocycles. The lowest BCUT2D eigenvalue weighted by Crippen LogP contribution is -2.47. The number of nitrogens with one attached hydrogen (secondary N) is 1. The Labute approximate surface area is 210 Å². The summed E-state index contributed by atoms with van der Waals surface area (Å²) in [4.78, 5) is 7.27. The number of halogens is 1. The molecule has 180 valence electrons. The maximum absolute atomic E-state index is 10.5. The molecule has 2 N–H and O–H groups in total. The van der Waals surface area contributed by atoms with Gasteiger partial charge in [0.05, 0.1) is 25.4 Å².